The van der Waals surface area contributed by atoms with Crippen LogP contribution in [0.25, 0.3) is 0 Å². The first-order chi connectivity index (χ1) is 7.00. The summed E-state index contributed by atoms with van der Waals surface area (Å²) in [5, 5.41) is 9.89. The molecule has 0 aliphatic rings. The number of aliphatic hydroxyl groups excluding tert-OH is 1. The van der Waals surface area contributed by atoms with E-state index < -0.39 is 6.10 Å². The summed E-state index contributed by atoms with van der Waals surface area (Å²) in [6.45, 7) is 2.63. The third-order valence-corrected chi connectivity index (χ3v) is 2.44. The van der Waals surface area contributed by atoms with Gasteiger partial charge in [-0.25, -0.2) is 4.39 Å². The molecule has 3 heteroatoms. The molecule has 1 unspecified atom stereocenters. The third-order valence-electron chi connectivity index (χ3n) is 2.44. The highest BCUT2D eigenvalue weighted by molar-refractivity contribution is 5.28. The van der Waals surface area contributed by atoms with Crippen molar-refractivity contribution in [3.8, 4) is 0 Å². The minimum Gasteiger partial charge on any atom is -0.388 e. The normalized spacial score (nSPS) is 13.2. The van der Waals surface area contributed by atoms with E-state index in [9.17, 15) is 9.50 Å². The van der Waals surface area contributed by atoms with E-state index in [4.69, 9.17) is 0 Å². The van der Waals surface area contributed by atoms with E-state index in [1.165, 1.54) is 12.1 Å². The fourth-order valence-corrected chi connectivity index (χ4v) is 1.55. The first kappa shape index (κ1) is 12.1. The second-order valence-electron chi connectivity index (χ2n) is 4.11. The molecule has 1 aromatic carbocycles. The van der Waals surface area contributed by atoms with Crippen LogP contribution in [0.4, 0.5) is 4.39 Å². The maximum Gasteiger partial charge on any atom is 0.123 e. The van der Waals surface area contributed by atoms with Gasteiger partial charge < -0.3 is 10.0 Å². The van der Waals surface area contributed by atoms with Gasteiger partial charge in [0.2, 0.25) is 0 Å². The van der Waals surface area contributed by atoms with E-state index in [1.54, 1.807) is 6.07 Å². The van der Waals surface area contributed by atoms with Crippen LogP contribution >= 0.6 is 0 Å². The van der Waals surface area contributed by atoms with E-state index >= 15 is 0 Å². The number of rotatable bonds is 4. The van der Waals surface area contributed by atoms with Crippen molar-refractivity contribution in [1.82, 2.24) is 4.90 Å². The summed E-state index contributed by atoms with van der Waals surface area (Å²) in [5.74, 6) is -0.254. The Balaban J connectivity index is 2.69. The van der Waals surface area contributed by atoms with Crippen LogP contribution in [0.1, 0.15) is 23.7 Å². The van der Waals surface area contributed by atoms with Crippen LogP contribution in [-0.2, 0) is 0 Å². The second kappa shape index (κ2) is 5.24. The minimum absolute atomic E-state index is 0.254. The number of hydrogen-bond acceptors (Lipinski definition) is 2. The number of aryl methyl sites for hydroxylation is 1. The molecule has 1 aromatic rings. The van der Waals surface area contributed by atoms with Crippen LogP contribution in [-0.4, -0.2) is 30.6 Å². The van der Waals surface area contributed by atoms with E-state index in [1.807, 2.05) is 25.9 Å². The van der Waals surface area contributed by atoms with Gasteiger partial charge >= 0.3 is 0 Å². The first-order valence-corrected chi connectivity index (χ1v) is 5.09. The molecule has 0 spiro atoms. The minimum atomic E-state index is -0.506. The van der Waals surface area contributed by atoms with Crippen LogP contribution in [0.15, 0.2) is 18.2 Å². The Bertz CT molecular complexity index is 325. The van der Waals surface area contributed by atoms with E-state index in [-0.39, 0.29) is 5.82 Å². The topological polar surface area (TPSA) is 23.5 Å². The third kappa shape index (κ3) is 3.61. The smallest absolute Gasteiger partial charge is 0.123 e. The summed E-state index contributed by atoms with van der Waals surface area (Å²) in [6.07, 6.45) is 0.160. The summed E-state index contributed by atoms with van der Waals surface area (Å²) >= 11 is 0. The molecule has 84 valence electrons. The quantitative estimate of drug-likeness (QED) is 0.824. The molecule has 15 heavy (non-hydrogen) atoms. The molecular formula is C12H18FNO. The average Bonchev–Trinajstić information content (AvgIpc) is 2.14. The number of hydrogen-bond donors (Lipinski definition) is 1. The van der Waals surface area contributed by atoms with Gasteiger partial charge in [-0.1, -0.05) is 6.07 Å². The zero-order valence-corrected chi connectivity index (χ0v) is 9.50. The molecule has 1 N–H and O–H groups in total. The van der Waals surface area contributed by atoms with Gasteiger partial charge in [0.1, 0.15) is 5.82 Å². The van der Waals surface area contributed by atoms with Gasteiger partial charge in [0.25, 0.3) is 0 Å². The summed E-state index contributed by atoms with van der Waals surface area (Å²) in [4.78, 5) is 2.02. The Morgan fingerprint density at radius 1 is 1.40 bits per heavy atom. The molecule has 1 atom stereocenters. The van der Waals surface area contributed by atoms with Crippen molar-refractivity contribution in [2.75, 3.05) is 20.6 Å². The molecular weight excluding hydrogens is 193 g/mol. The van der Waals surface area contributed by atoms with E-state index in [0.717, 1.165) is 17.7 Å². The standard InChI is InChI=1S/C12H18FNO/c1-9-8-10(13)4-5-11(9)12(15)6-7-14(2)3/h4-5,8,12,15H,6-7H2,1-3H3. The lowest BCUT2D eigenvalue weighted by molar-refractivity contribution is 0.153. The van der Waals surface area contributed by atoms with Gasteiger partial charge in [-0.3, -0.25) is 0 Å². The maximum absolute atomic E-state index is 12.8. The molecule has 0 bridgehead atoms. The van der Waals surface area contributed by atoms with Crippen molar-refractivity contribution in [2.24, 2.45) is 0 Å². The van der Waals surface area contributed by atoms with Crippen molar-refractivity contribution in [1.29, 1.82) is 0 Å². The van der Waals surface area contributed by atoms with Gasteiger partial charge in [0.15, 0.2) is 0 Å². The van der Waals surface area contributed by atoms with Crippen LogP contribution in [0.5, 0.6) is 0 Å². The Kier molecular flexibility index (Phi) is 4.24. The number of aliphatic hydroxyl groups is 1. The predicted molar refractivity (Wildman–Crippen MR) is 59.3 cm³/mol. The van der Waals surface area contributed by atoms with Crippen molar-refractivity contribution < 1.29 is 9.50 Å². The lowest BCUT2D eigenvalue weighted by atomic mass is 10.0. The maximum atomic E-state index is 12.8. The molecule has 0 fully saturated rings. The zero-order valence-electron chi connectivity index (χ0n) is 9.50. The molecule has 0 aliphatic heterocycles. The largest absolute Gasteiger partial charge is 0.388 e. The van der Waals surface area contributed by atoms with Crippen molar-refractivity contribution >= 4 is 0 Å². The number of benzene rings is 1. The Labute approximate surface area is 90.3 Å². The number of nitrogens with zero attached hydrogens (tertiary/aromatic N) is 1. The highest BCUT2D eigenvalue weighted by atomic mass is 19.1. The fraction of sp³-hybridized carbons (Fsp3) is 0.500. The Morgan fingerprint density at radius 3 is 2.60 bits per heavy atom. The fourth-order valence-electron chi connectivity index (χ4n) is 1.55. The zero-order chi connectivity index (χ0) is 11.4. The van der Waals surface area contributed by atoms with Crippen LogP contribution in [0.2, 0.25) is 0 Å². The first-order valence-electron chi connectivity index (χ1n) is 5.09. The van der Waals surface area contributed by atoms with Gasteiger partial charge in [-0.2, -0.15) is 0 Å². The molecule has 0 heterocycles. The SMILES string of the molecule is Cc1cc(F)ccc1C(O)CCN(C)C. The molecule has 0 radical (unpaired) electrons. The van der Waals surface area contributed by atoms with Gasteiger partial charge in [-0.15, -0.1) is 0 Å². The van der Waals surface area contributed by atoms with Crippen LogP contribution < -0.4 is 0 Å². The average molecular weight is 211 g/mol. The Hall–Kier alpha value is -0.930. The summed E-state index contributed by atoms with van der Waals surface area (Å²) in [7, 11) is 3.93. The Morgan fingerprint density at radius 2 is 2.07 bits per heavy atom. The molecule has 0 saturated carbocycles. The second-order valence-corrected chi connectivity index (χ2v) is 4.11. The summed E-state index contributed by atoms with van der Waals surface area (Å²) < 4.78 is 12.8. The van der Waals surface area contributed by atoms with E-state index in [2.05, 4.69) is 0 Å². The summed E-state index contributed by atoms with van der Waals surface area (Å²) in [5.41, 5.74) is 1.62. The van der Waals surface area contributed by atoms with Gasteiger partial charge in [0, 0.05) is 6.54 Å². The molecule has 0 saturated heterocycles. The predicted octanol–water partition coefficient (Wildman–Crippen LogP) is 2.12. The van der Waals surface area contributed by atoms with Crippen molar-refractivity contribution in [3.05, 3.63) is 35.1 Å². The van der Waals surface area contributed by atoms with E-state index in [0.29, 0.717) is 6.42 Å². The summed E-state index contributed by atoms with van der Waals surface area (Å²) in [6, 6.07) is 4.50. The van der Waals surface area contributed by atoms with Crippen molar-refractivity contribution in [3.63, 3.8) is 0 Å². The van der Waals surface area contributed by atoms with Crippen LogP contribution in [0, 0.1) is 12.7 Å². The molecule has 0 amide bonds. The highest BCUT2D eigenvalue weighted by Gasteiger charge is 2.10. The lowest BCUT2D eigenvalue weighted by Gasteiger charge is -2.16. The van der Waals surface area contributed by atoms with Gasteiger partial charge in [0.05, 0.1) is 6.10 Å². The molecule has 2 nitrogen and oxygen atoms in total. The number of halogens is 1. The molecule has 0 aliphatic carbocycles. The van der Waals surface area contributed by atoms with Crippen molar-refractivity contribution in [2.45, 2.75) is 19.4 Å². The monoisotopic (exact) mass is 211 g/mol. The van der Waals surface area contributed by atoms with Gasteiger partial charge in [-0.05, 0) is 50.7 Å². The highest BCUT2D eigenvalue weighted by Crippen LogP contribution is 2.21. The van der Waals surface area contributed by atoms with Crippen LogP contribution in [0.3, 0.4) is 0 Å². The molecule has 1 rings (SSSR count). The molecule has 0 aromatic heterocycles. The lowest BCUT2D eigenvalue weighted by Crippen LogP contribution is -2.16.